The fraction of sp³-hybridized carbons (Fsp3) is 0.304. The summed E-state index contributed by atoms with van der Waals surface area (Å²) in [6.07, 6.45) is -4.81. The number of aliphatic hydroxyl groups excluding tert-OH is 1. The van der Waals surface area contributed by atoms with Crippen molar-refractivity contribution in [3.8, 4) is 11.4 Å². The highest BCUT2D eigenvalue weighted by Gasteiger charge is 2.40. The number of aryl methyl sites for hydroxylation is 1. The van der Waals surface area contributed by atoms with Gasteiger partial charge in [-0.1, -0.05) is 12.1 Å². The molecule has 2 heterocycles. The summed E-state index contributed by atoms with van der Waals surface area (Å²) in [5.74, 6) is -4.37. The van der Waals surface area contributed by atoms with E-state index < -0.39 is 58.4 Å². The van der Waals surface area contributed by atoms with Crippen LogP contribution in [0, 0.1) is 18.6 Å². The number of fused-ring (bicyclic) bond motifs is 1. The van der Waals surface area contributed by atoms with Crippen molar-refractivity contribution in [2.24, 2.45) is 0 Å². The number of aromatic nitrogens is 5. The third kappa shape index (κ3) is 3.98. The van der Waals surface area contributed by atoms with Crippen molar-refractivity contribution < 1.29 is 27.1 Å². The zero-order chi connectivity index (χ0) is 26.5. The third-order valence-electron chi connectivity index (χ3n) is 5.92. The molecule has 0 aliphatic carbocycles. The second-order valence-corrected chi connectivity index (χ2v) is 8.13. The molecule has 0 saturated heterocycles. The largest absolute Gasteiger partial charge is 0.397 e. The van der Waals surface area contributed by atoms with Gasteiger partial charge in [0.15, 0.2) is 5.82 Å². The Morgan fingerprint density at radius 1 is 1.03 bits per heavy atom. The molecule has 8 nitrogen and oxygen atoms in total. The average Bonchev–Trinajstić information content (AvgIpc) is 3.14. The molecule has 1 N–H and O–H groups in total. The Kier molecular flexibility index (Phi) is 6.29. The molecule has 0 amide bonds. The number of alkyl halides is 3. The van der Waals surface area contributed by atoms with Crippen molar-refractivity contribution in [1.29, 1.82) is 0 Å². The average molecular weight is 509 g/mol. The lowest BCUT2D eigenvalue weighted by Gasteiger charge is -2.20. The van der Waals surface area contributed by atoms with Crippen LogP contribution in [0.15, 0.2) is 39.9 Å². The number of nitrogens with zero attached hydrogens (tertiary/aromatic N) is 5. The maximum absolute atomic E-state index is 15.2. The van der Waals surface area contributed by atoms with Gasteiger partial charge in [0.1, 0.15) is 29.6 Å². The van der Waals surface area contributed by atoms with Crippen molar-refractivity contribution in [1.82, 2.24) is 24.1 Å². The predicted molar refractivity (Wildman–Crippen MR) is 119 cm³/mol. The van der Waals surface area contributed by atoms with E-state index in [1.54, 1.807) is 6.92 Å². The van der Waals surface area contributed by atoms with Gasteiger partial charge in [-0.3, -0.25) is 9.36 Å². The molecule has 0 aliphatic heterocycles. The second kappa shape index (κ2) is 8.97. The summed E-state index contributed by atoms with van der Waals surface area (Å²) in [6, 6.07) is 5.38. The summed E-state index contributed by atoms with van der Waals surface area (Å²) in [4.78, 5) is 26.0. The highest BCUT2D eigenvalue weighted by atomic mass is 19.4. The lowest BCUT2D eigenvalue weighted by Crippen LogP contribution is -2.29. The summed E-state index contributed by atoms with van der Waals surface area (Å²) in [7, 11) is 0. The highest BCUT2D eigenvalue weighted by Crippen LogP contribution is 2.37. The number of rotatable bonds is 5. The zero-order valence-corrected chi connectivity index (χ0v) is 19.3. The molecule has 1 unspecified atom stereocenters. The van der Waals surface area contributed by atoms with Crippen LogP contribution >= 0.6 is 0 Å². The molecule has 36 heavy (non-hydrogen) atoms. The molecular weight excluding hydrogens is 489 g/mol. The summed E-state index contributed by atoms with van der Waals surface area (Å²) < 4.78 is 73.4. The fourth-order valence-electron chi connectivity index (χ4n) is 3.98. The van der Waals surface area contributed by atoms with Gasteiger partial charge >= 0.3 is 11.9 Å². The van der Waals surface area contributed by atoms with Crippen LogP contribution < -0.4 is 11.2 Å². The topological polar surface area (TPSA) is 94.9 Å². The monoisotopic (exact) mass is 509 g/mol. The van der Waals surface area contributed by atoms with Crippen LogP contribution in [0.3, 0.4) is 0 Å². The number of halogens is 5. The van der Waals surface area contributed by atoms with Crippen LogP contribution in [0.2, 0.25) is 0 Å². The molecule has 0 radical (unpaired) electrons. The Morgan fingerprint density at radius 2 is 1.72 bits per heavy atom. The van der Waals surface area contributed by atoms with Gasteiger partial charge in [0.2, 0.25) is 0 Å². The molecule has 4 rings (SSSR count). The van der Waals surface area contributed by atoms with Crippen LogP contribution in [-0.2, 0) is 13.2 Å². The van der Waals surface area contributed by atoms with Gasteiger partial charge in [-0.15, -0.1) is 5.10 Å². The molecule has 0 bridgehead atoms. The maximum Gasteiger partial charge on any atom is 0.397 e. The normalized spacial score (nSPS) is 12.9. The van der Waals surface area contributed by atoms with E-state index in [-0.39, 0.29) is 29.0 Å². The Bertz CT molecular complexity index is 1580. The number of hydrogen-bond acceptors (Lipinski definition) is 5. The van der Waals surface area contributed by atoms with E-state index >= 15 is 4.39 Å². The van der Waals surface area contributed by atoms with Gasteiger partial charge in [-0.05, 0) is 44.5 Å². The first kappa shape index (κ1) is 25.2. The lowest BCUT2D eigenvalue weighted by molar-refractivity contribution is -0.147. The molecular formula is C23H20F5N5O3. The molecule has 0 fully saturated rings. The molecule has 4 aromatic rings. The Labute approximate surface area is 199 Å². The minimum absolute atomic E-state index is 0.0885. The summed E-state index contributed by atoms with van der Waals surface area (Å²) >= 11 is 0. The second-order valence-electron chi connectivity index (χ2n) is 8.13. The van der Waals surface area contributed by atoms with E-state index in [0.29, 0.717) is 15.4 Å². The summed E-state index contributed by atoms with van der Waals surface area (Å²) in [6.45, 7) is 3.28. The minimum Gasteiger partial charge on any atom is -0.388 e. The number of benzene rings is 2. The van der Waals surface area contributed by atoms with Gasteiger partial charge in [0, 0.05) is 11.9 Å². The zero-order valence-electron chi connectivity index (χ0n) is 19.3. The first-order valence-electron chi connectivity index (χ1n) is 10.8. The first-order chi connectivity index (χ1) is 16.9. The van der Waals surface area contributed by atoms with Crippen LogP contribution in [0.4, 0.5) is 22.0 Å². The van der Waals surface area contributed by atoms with Gasteiger partial charge < -0.3 is 5.11 Å². The number of para-hydroxylation sites is 1. The van der Waals surface area contributed by atoms with Gasteiger partial charge in [0.25, 0.3) is 5.56 Å². The van der Waals surface area contributed by atoms with Crippen LogP contribution in [0.5, 0.6) is 0 Å². The van der Waals surface area contributed by atoms with E-state index in [2.05, 4.69) is 10.2 Å². The Morgan fingerprint density at radius 3 is 2.28 bits per heavy atom. The van der Waals surface area contributed by atoms with Crippen molar-refractivity contribution >= 4 is 10.8 Å². The molecule has 190 valence electrons. The molecule has 13 heteroatoms. The van der Waals surface area contributed by atoms with Crippen molar-refractivity contribution in [3.05, 3.63) is 79.9 Å². The predicted octanol–water partition coefficient (Wildman–Crippen LogP) is 3.50. The first-order valence-corrected chi connectivity index (χ1v) is 10.8. The van der Waals surface area contributed by atoms with E-state index in [1.807, 2.05) is 0 Å². The minimum atomic E-state index is -4.81. The van der Waals surface area contributed by atoms with Crippen molar-refractivity contribution in [3.63, 3.8) is 0 Å². The van der Waals surface area contributed by atoms with Crippen LogP contribution in [0.25, 0.3) is 22.1 Å². The Balaban J connectivity index is 2.13. The van der Waals surface area contributed by atoms with E-state index in [9.17, 15) is 32.3 Å². The highest BCUT2D eigenvalue weighted by molar-refractivity contribution is 5.86. The molecule has 2 aromatic carbocycles. The van der Waals surface area contributed by atoms with Crippen molar-refractivity contribution in [2.45, 2.75) is 46.0 Å². The molecule has 0 aliphatic rings. The van der Waals surface area contributed by atoms with Gasteiger partial charge in [0.05, 0.1) is 17.0 Å². The SMILES string of the molecule is CCn1c(CO)nn(-c2cc3c(C(C)C(F)(F)F)nn(-c4c(C)cccc4F)c(=O)c3cc2F)c1=O. The van der Waals surface area contributed by atoms with E-state index in [1.165, 1.54) is 19.1 Å². The van der Waals surface area contributed by atoms with Gasteiger partial charge in [-0.25, -0.2) is 13.6 Å². The number of hydrogen-bond donors (Lipinski definition) is 1. The summed E-state index contributed by atoms with van der Waals surface area (Å²) in [5.41, 5.74) is -3.25. The van der Waals surface area contributed by atoms with Crippen molar-refractivity contribution in [2.75, 3.05) is 0 Å². The fourth-order valence-corrected chi connectivity index (χ4v) is 3.98. The molecule has 2 aromatic heterocycles. The smallest absolute Gasteiger partial charge is 0.388 e. The van der Waals surface area contributed by atoms with E-state index in [0.717, 1.165) is 23.6 Å². The van der Waals surface area contributed by atoms with Gasteiger partial charge in [-0.2, -0.15) is 27.6 Å². The lowest BCUT2D eigenvalue weighted by atomic mass is 10.00. The maximum atomic E-state index is 15.2. The molecule has 0 saturated carbocycles. The molecule has 0 spiro atoms. The summed E-state index contributed by atoms with van der Waals surface area (Å²) in [5, 5.41) is 16.3. The number of aliphatic hydroxyl groups is 1. The van der Waals surface area contributed by atoms with Crippen LogP contribution in [-0.4, -0.2) is 35.4 Å². The Hall–Kier alpha value is -3.87. The van der Waals surface area contributed by atoms with E-state index in [4.69, 9.17) is 0 Å². The standard InChI is InChI=1S/C23H20F5N5O3/c1-4-31-18(10-34)29-32(22(31)36)17-9-13-14(8-16(17)25)21(35)33(20-11(2)6-5-7-15(20)24)30-19(13)12(3)23(26,27)28/h5-9,12,34H,4,10H2,1-3H3. The quantitative estimate of drug-likeness (QED) is 0.416. The third-order valence-corrected chi connectivity index (χ3v) is 5.92. The van der Waals surface area contributed by atoms with Crippen LogP contribution in [0.1, 0.15) is 36.8 Å². The molecule has 1 atom stereocenters.